The normalized spacial score (nSPS) is 10.4. The van der Waals surface area contributed by atoms with Crippen LogP contribution in [0.5, 0.6) is 23.0 Å². The molecule has 0 aromatic heterocycles. The van der Waals surface area contributed by atoms with Gasteiger partial charge in [0.1, 0.15) is 23.9 Å². The van der Waals surface area contributed by atoms with Gasteiger partial charge in [0.25, 0.3) is 0 Å². The molecule has 5 heteroatoms. The fourth-order valence-corrected chi connectivity index (χ4v) is 3.07. The minimum Gasteiger partial charge on any atom is -0.508 e. The number of rotatable bonds is 7. The molecule has 156 valence electrons. The smallest absolute Gasteiger partial charge is 0.165 e. The van der Waals surface area contributed by atoms with Gasteiger partial charge in [-0.15, -0.1) is 0 Å². The molecule has 0 aliphatic heterocycles. The Morgan fingerprint density at radius 3 is 1.93 bits per heavy atom. The Hall–Kier alpha value is -3.47. The summed E-state index contributed by atoms with van der Waals surface area (Å²) >= 11 is 0. The topological polar surface area (TPSA) is 47.9 Å². The summed E-state index contributed by atoms with van der Waals surface area (Å²) in [6.45, 7) is 4.24. The Morgan fingerprint density at radius 2 is 1.40 bits per heavy atom. The SMILES string of the molecule is COc1cc(-c2ccc(OCC=C(C)C)c(F)c2)c(OC)cc1-c1ccc(O)cc1. The third kappa shape index (κ3) is 4.74. The zero-order chi connectivity index (χ0) is 21.7. The summed E-state index contributed by atoms with van der Waals surface area (Å²) in [7, 11) is 3.15. The summed E-state index contributed by atoms with van der Waals surface area (Å²) in [6.07, 6.45) is 1.89. The van der Waals surface area contributed by atoms with Gasteiger partial charge in [-0.1, -0.05) is 23.8 Å². The summed E-state index contributed by atoms with van der Waals surface area (Å²) < 4.78 is 31.3. The molecule has 30 heavy (non-hydrogen) atoms. The Morgan fingerprint density at radius 1 is 0.833 bits per heavy atom. The van der Waals surface area contributed by atoms with Crippen molar-refractivity contribution in [1.29, 1.82) is 0 Å². The van der Waals surface area contributed by atoms with E-state index in [1.54, 1.807) is 50.6 Å². The highest BCUT2D eigenvalue weighted by Gasteiger charge is 2.16. The van der Waals surface area contributed by atoms with E-state index in [-0.39, 0.29) is 11.5 Å². The molecule has 3 rings (SSSR count). The lowest BCUT2D eigenvalue weighted by atomic mass is 9.97. The first kappa shape index (κ1) is 21.2. The van der Waals surface area contributed by atoms with Crippen molar-refractivity contribution in [1.82, 2.24) is 0 Å². The Bertz CT molecular complexity index is 1050. The molecule has 3 aromatic carbocycles. The zero-order valence-electron chi connectivity index (χ0n) is 17.5. The molecule has 4 nitrogen and oxygen atoms in total. The van der Waals surface area contributed by atoms with E-state index in [0.29, 0.717) is 29.2 Å². The van der Waals surface area contributed by atoms with Crippen LogP contribution in [0.15, 0.2) is 66.2 Å². The van der Waals surface area contributed by atoms with Gasteiger partial charge in [-0.3, -0.25) is 0 Å². The van der Waals surface area contributed by atoms with Gasteiger partial charge >= 0.3 is 0 Å². The number of phenols is 1. The first-order valence-electron chi connectivity index (χ1n) is 9.54. The highest BCUT2D eigenvalue weighted by molar-refractivity contribution is 5.81. The average molecular weight is 408 g/mol. The second-order valence-electron chi connectivity index (χ2n) is 7.04. The van der Waals surface area contributed by atoms with Crippen molar-refractivity contribution in [2.75, 3.05) is 20.8 Å². The fraction of sp³-hybridized carbons (Fsp3) is 0.200. The summed E-state index contributed by atoms with van der Waals surface area (Å²) in [4.78, 5) is 0. The van der Waals surface area contributed by atoms with E-state index >= 15 is 0 Å². The predicted octanol–water partition coefficient (Wildman–Crippen LogP) is 6.23. The number of methoxy groups -OCH3 is 2. The molecule has 0 unspecified atom stereocenters. The molecule has 0 spiro atoms. The largest absolute Gasteiger partial charge is 0.508 e. The number of aromatic hydroxyl groups is 1. The summed E-state index contributed by atoms with van der Waals surface area (Å²) in [5.41, 5.74) is 4.13. The van der Waals surface area contributed by atoms with Gasteiger partial charge in [-0.25, -0.2) is 4.39 Å². The van der Waals surface area contributed by atoms with Gasteiger partial charge in [-0.05, 0) is 67.4 Å². The minimum absolute atomic E-state index is 0.184. The zero-order valence-corrected chi connectivity index (χ0v) is 17.5. The van der Waals surface area contributed by atoms with Crippen molar-refractivity contribution in [3.8, 4) is 45.3 Å². The number of phenolic OH excluding ortho intramolecular Hbond substituents is 1. The summed E-state index contributed by atoms with van der Waals surface area (Å²) in [5.74, 6) is 1.13. The van der Waals surface area contributed by atoms with E-state index in [1.807, 2.05) is 32.1 Å². The molecule has 0 saturated heterocycles. The van der Waals surface area contributed by atoms with Gasteiger partial charge in [-0.2, -0.15) is 0 Å². The molecular weight excluding hydrogens is 383 g/mol. The molecule has 1 N–H and O–H groups in total. The lowest BCUT2D eigenvalue weighted by Crippen LogP contribution is -1.98. The van der Waals surface area contributed by atoms with Crippen molar-refractivity contribution in [3.05, 3.63) is 72.1 Å². The van der Waals surface area contributed by atoms with Gasteiger partial charge in [0.2, 0.25) is 0 Å². The lowest BCUT2D eigenvalue weighted by Gasteiger charge is -2.16. The second kappa shape index (κ2) is 9.35. The maximum atomic E-state index is 14.6. The first-order valence-corrected chi connectivity index (χ1v) is 9.54. The molecule has 0 amide bonds. The van der Waals surface area contributed by atoms with Crippen LogP contribution in [-0.4, -0.2) is 25.9 Å². The molecule has 3 aromatic rings. The van der Waals surface area contributed by atoms with Crippen LogP contribution in [0, 0.1) is 5.82 Å². The van der Waals surface area contributed by atoms with Crippen molar-refractivity contribution >= 4 is 0 Å². The highest BCUT2D eigenvalue weighted by Crippen LogP contribution is 2.41. The number of halogens is 1. The molecular formula is C25H25FO4. The van der Waals surface area contributed by atoms with Crippen LogP contribution in [0.2, 0.25) is 0 Å². The van der Waals surface area contributed by atoms with Crippen LogP contribution in [-0.2, 0) is 0 Å². The molecule has 0 atom stereocenters. The molecule has 0 aliphatic carbocycles. The average Bonchev–Trinajstić information content (AvgIpc) is 2.74. The van der Waals surface area contributed by atoms with Crippen molar-refractivity contribution in [2.45, 2.75) is 13.8 Å². The third-order valence-corrected chi connectivity index (χ3v) is 4.67. The molecule has 0 aliphatic rings. The van der Waals surface area contributed by atoms with Crippen LogP contribution in [0.4, 0.5) is 4.39 Å². The maximum Gasteiger partial charge on any atom is 0.165 e. The van der Waals surface area contributed by atoms with Crippen molar-refractivity contribution < 1.29 is 23.7 Å². The first-order chi connectivity index (χ1) is 14.4. The van der Waals surface area contributed by atoms with Crippen LogP contribution in [0.25, 0.3) is 22.3 Å². The van der Waals surface area contributed by atoms with E-state index in [9.17, 15) is 9.50 Å². The van der Waals surface area contributed by atoms with E-state index in [2.05, 4.69) is 0 Å². The van der Waals surface area contributed by atoms with E-state index in [4.69, 9.17) is 14.2 Å². The molecule has 0 saturated carbocycles. The third-order valence-electron chi connectivity index (χ3n) is 4.67. The van der Waals surface area contributed by atoms with Crippen LogP contribution < -0.4 is 14.2 Å². The number of allylic oxidation sites excluding steroid dienone is 1. The predicted molar refractivity (Wildman–Crippen MR) is 117 cm³/mol. The Balaban J connectivity index is 2.00. The minimum atomic E-state index is -0.446. The van der Waals surface area contributed by atoms with Gasteiger partial charge < -0.3 is 19.3 Å². The van der Waals surface area contributed by atoms with Crippen LogP contribution in [0.3, 0.4) is 0 Å². The molecule has 0 bridgehead atoms. The lowest BCUT2D eigenvalue weighted by molar-refractivity contribution is 0.341. The highest BCUT2D eigenvalue weighted by atomic mass is 19.1. The Labute approximate surface area is 176 Å². The van der Waals surface area contributed by atoms with Crippen LogP contribution >= 0.6 is 0 Å². The number of ether oxygens (including phenoxy) is 3. The molecule has 0 heterocycles. The quantitative estimate of drug-likeness (QED) is 0.471. The van der Waals surface area contributed by atoms with Crippen molar-refractivity contribution in [2.24, 2.45) is 0 Å². The second-order valence-corrected chi connectivity index (χ2v) is 7.04. The van der Waals surface area contributed by atoms with Gasteiger partial charge in [0.05, 0.1) is 14.2 Å². The summed E-state index contributed by atoms with van der Waals surface area (Å²) in [6, 6.07) is 15.3. The molecule has 0 radical (unpaired) electrons. The Kier molecular flexibility index (Phi) is 6.62. The number of hydrogen-bond donors (Lipinski definition) is 1. The van der Waals surface area contributed by atoms with Gasteiger partial charge in [0, 0.05) is 11.1 Å². The number of benzene rings is 3. The van der Waals surface area contributed by atoms with Crippen molar-refractivity contribution in [3.63, 3.8) is 0 Å². The number of hydrogen-bond acceptors (Lipinski definition) is 4. The monoisotopic (exact) mass is 408 g/mol. The van der Waals surface area contributed by atoms with E-state index in [1.165, 1.54) is 6.07 Å². The van der Waals surface area contributed by atoms with Gasteiger partial charge in [0.15, 0.2) is 11.6 Å². The maximum absolute atomic E-state index is 14.6. The standard InChI is InChI=1S/C25H25FO4/c1-16(2)11-12-30-23-10-7-18(13-22(23)26)21-15-24(28-3)20(14-25(21)29-4)17-5-8-19(27)9-6-17/h5-11,13-15,27H,12H2,1-4H3. The molecule has 0 fully saturated rings. The van der Waals surface area contributed by atoms with Crippen LogP contribution in [0.1, 0.15) is 13.8 Å². The van der Waals surface area contributed by atoms with E-state index < -0.39 is 5.82 Å². The van der Waals surface area contributed by atoms with E-state index in [0.717, 1.165) is 16.7 Å². The fourth-order valence-electron chi connectivity index (χ4n) is 3.07. The summed E-state index contributed by atoms with van der Waals surface area (Å²) in [5, 5.41) is 9.55.